The molecule has 0 bridgehead atoms. The molecule has 1 aliphatic rings. The number of nitrogens with one attached hydrogen (secondary N) is 1. The fourth-order valence-electron chi connectivity index (χ4n) is 2.48. The summed E-state index contributed by atoms with van der Waals surface area (Å²) in [7, 11) is 0. The molecule has 2 N–H and O–H groups in total. The summed E-state index contributed by atoms with van der Waals surface area (Å²) in [5.74, 6) is 0.549. The number of ether oxygens (including phenoxy) is 1. The standard InChI is InChI=1S/C14H20N4O2/c1-4-20-11-5-14(19,13(11,2)3)9-18-12-8-16-10(6-15)7-17-12/h7-8,11,19H,4-5,9H2,1-3H3,(H,17,18)/t11-,14+/m0/s1. The predicted molar refractivity (Wildman–Crippen MR) is 74.0 cm³/mol. The zero-order chi connectivity index (χ0) is 14.8. The van der Waals surface area contributed by atoms with Gasteiger partial charge in [0, 0.05) is 25.0 Å². The van der Waals surface area contributed by atoms with Gasteiger partial charge in [-0.05, 0) is 6.92 Å². The summed E-state index contributed by atoms with van der Waals surface area (Å²) in [6, 6.07) is 1.91. The van der Waals surface area contributed by atoms with E-state index < -0.39 is 5.60 Å². The van der Waals surface area contributed by atoms with Crippen LogP contribution in [-0.2, 0) is 4.74 Å². The molecule has 1 aromatic heterocycles. The molecule has 0 spiro atoms. The zero-order valence-electron chi connectivity index (χ0n) is 12.1. The normalized spacial score (nSPS) is 27.4. The molecule has 0 aromatic carbocycles. The largest absolute Gasteiger partial charge is 0.387 e. The van der Waals surface area contributed by atoms with Gasteiger partial charge in [0.15, 0.2) is 5.69 Å². The van der Waals surface area contributed by atoms with Crippen LogP contribution in [-0.4, -0.2) is 39.9 Å². The molecular weight excluding hydrogens is 256 g/mol. The van der Waals surface area contributed by atoms with Crippen LogP contribution in [0, 0.1) is 16.7 Å². The van der Waals surface area contributed by atoms with Crippen LogP contribution in [0.25, 0.3) is 0 Å². The molecule has 2 rings (SSSR count). The van der Waals surface area contributed by atoms with Gasteiger partial charge in [-0.2, -0.15) is 5.26 Å². The summed E-state index contributed by atoms with van der Waals surface area (Å²) in [5.41, 5.74) is -0.868. The lowest BCUT2D eigenvalue weighted by atomic mass is 9.56. The maximum Gasteiger partial charge on any atom is 0.158 e. The van der Waals surface area contributed by atoms with Gasteiger partial charge < -0.3 is 15.2 Å². The second kappa shape index (κ2) is 5.35. The fourth-order valence-corrected chi connectivity index (χ4v) is 2.48. The van der Waals surface area contributed by atoms with Crippen LogP contribution in [0.1, 0.15) is 32.9 Å². The molecule has 1 saturated carbocycles. The third-order valence-electron chi connectivity index (χ3n) is 4.22. The molecule has 1 fully saturated rings. The molecule has 0 unspecified atom stereocenters. The maximum atomic E-state index is 10.7. The molecular formula is C14H20N4O2. The van der Waals surface area contributed by atoms with E-state index in [1.165, 1.54) is 12.4 Å². The Balaban J connectivity index is 1.95. The number of hydrogen-bond acceptors (Lipinski definition) is 6. The Morgan fingerprint density at radius 2 is 2.25 bits per heavy atom. The molecule has 0 radical (unpaired) electrons. The van der Waals surface area contributed by atoms with Crippen LogP contribution in [0.3, 0.4) is 0 Å². The quantitative estimate of drug-likeness (QED) is 0.843. The minimum absolute atomic E-state index is 0.0753. The Hall–Kier alpha value is -1.71. The Kier molecular flexibility index (Phi) is 3.93. The summed E-state index contributed by atoms with van der Waals surface area (Å²) in [5, 5.41) is 22.4. The number of hydrogen-bond donors (Lipinski definition) is 2. The first-order chi connectivity index (χ1) is 9.43. The highest BCUT2D eigenvalue weighted by Gasteiger charge is 2.59. The van der Waals surface area contributed by atoms with Crippen molar-refractivity contribution >= 4 is 5.82 Å². The molecule has 1 aliphatic carbocycles. The lowest BCUT2D eigenvalue weighted by molar-refractivity contribution is -0.233. The SMILES string of the molecule is CCO[C@H]1C[C@@](O)(CNc2cnc(C#N)cn2)C1(C)C. The monoisotopic (exact) mass is 276 g/mol. The summed E-state index contributed by atoms with van der Waals surface area (Å²) in [4.78, 5) is 8.01. The van der Waals surface area contributed by atoms with E-state index in [4.69, 9.17) is 10.00 Å². The van der Waals surface area contributed by atoms with Crippen LogP contribution < -0.4 is 5.32 Å². The summed E-state index contributed by atoms with van der Waals surface area (Å²) in [6.45, 7) is 6.99. The van der Waals surface area contributed by atoms with Crippen LogP contribution in [0.2, 0.25) is 0 Å². The molecule has 2 atom stereocenters. The van der Waals surface area contributed by atoms with E-state index in [9.17, 15) is 5.11 Å². The van der Waals surface area contributed by atoms with Gasteiger partial charge in [-0.15, -0.1) is 0 Å². The number of nitriles is 1. The number of anilines is 1. The van der Waals surface area contributed by atoms with E-state index in [-0.39, 0.29) is 17.2 Å². The van der Waals surface area contributed by atoms with Crippen molar-refractivity contribution in [1.82, 2.24) is 9.97 Å². The summed E-state index contributed by atoms with van der Waals surface area (Å²) >= 11 is 0. The Bertz CT molecular complexity index is 509. The van der Waals surface area contributed by atoms with Gasteiger partial charge in [0.25, 0.3) is 0 Å². The minimum atomic E-state index is -0.831. The Morgan fingerprint density at radius 3 is 2.75 bits per heavy atom. The van der Waals surface area contributed by atoms with Crippen molar-refractivity contribution < 1.29 is 9.84 Å². The average Bonchev–Trinajstić information content (AvgIpc) is 2.45. The van der Waals surface area contributed by atoms with E-state index in [0.29, 0.717) is 25.4 Å². The van der Waals surface area contributed by atoms with E-state index in [1.807, 2.05) is 26.8 Å². The van der Waals surface area contributed by atoms with Crippen LogP contribution in [0.5, 0.6) is 0 Å². The lowest BCUT2D eigenvalue weighted by Crippen LogP contribution is -2.67. The summed E-state index contributed by atoms with van der Waals surface area (Å²) < 4.78 is 5.62. The first kappa shape index (κ1) is 14.7. The minimum Gasteiger partial charge on any atom is -0.387 e. The number of nitrogens with zero attached hydrogens (tertiary/aromatic N) is 3. The topological polar surface area (TPSA) is 91.1 Å². The van der Waals surface area contributed by atoms with Crippen LogP contribution in [0.15, 0.2) is 12.4 Å². The fraction of sp³-hybridized carbons (Fsp3) is 0.643. The van der Waals surface area contributed by atoms with Gasteiger partial charge >= 0.3 is 0 Å². The highest BCUT2D eigenvalue weighted by atomic mass is 16.5. The van der Waals surface area contributed by atoms with Crippen molar-refractivity contribution in [2.24, 2.45) is 5.41 Å². The third kappa shape index (κ3) is 2.47. The Morgan fingerprint density at radius 1 is 1.50 bits per heavy atom. The number of aromatic nitrogens is 2. The molecule has 1 heterocycles. The predicted octanol–water partition coefficient (Wildman–Crippen LogP) is 1.33. The van der Waals surface area contributed by atoms with Crippen molar-refractivity contribution in [2.45, 2.75) is 38.9 Å². The highest BCUT2D eigenvalue weighted by Crippen LogP contribution is 2.51. The molecule has 20 heavy (non-hydrogen) atoms. The van der Waals surface area contributed by atoms with Gasteiger partial charge in [0.1, 0.15) is 11.9 Å². The second-order valence-electron chi connectivity index (χ2n) is 5.65. The second-order valence-corrected chi connectivity index (χ2v) is 5.65. The first-order valence-corrected chi connectivity index (χ1v) is 6.73. The average molecular weight is 276 g/mol. The van der Waals surface area contributed by atoms with Gasteiger partial charge in [-0.3, -0.25) is 0 Å². The van der Waals surface area contributed by atoms with Gasteiger partial charge in [0.2, 0.25) is 0 Å². The molecule has 0 aliphatic heterocycles. The first-order valence-electron chi connectivity index (χ1n) is 6.73. The summed E-state index contributed by atoms with van der Waals surface area (Å²) in [6.07, 6.45) is 3.57. The van der Waals surface area contributed by atoms with Gasteiger partial charge in [-0.1, -0.05) is 13.8 Å². The molecule has 1 aromatic rings. The Labute approximate surface area is 118 Å². The van der Waals surface area contributed by atoms with Gasteiger partial charge in [-0.25, -0.2) is 9.97 Å². The van der Waals surface area contributed by atoms with E-state index in [2.05, 4.69) is 15.3 Å². The maximum absolute atomic E-state index is 10.7. The van der Waals surface area contributed by atoms with E-state index in [1.54, 1.807) is 0 Å². The molecule has 6 nitrogen and oxygen atoms in total. The number of rotatable bonds is 5. The van der Waals surface area contributed by atoms with E-state index in [0.717, 1.165) is 0 Å². The molecule has 108 valence electrons. The molecule has 0 amide bonds. The van der Waals surface area contributed by atoms with Crippen LogP contribution in [0.4, 0.5) is 5.82 Å². The molecule has 6 heteroatoms. The van der Waals surface area contributed by atoms with Gasteiger partial charge in [0.05, 0.1) is 24.1 Å². The number of aliphatic hydroxyl groups is 1. The highest BCUT2D eigenvalue weighted by molar-refractivity contribution is 5.34. The third-order valence-corrected chi connectivity index (χ3v) is 4.22. The van der Waals surface area contributed by atoms with Crippen molar-refractivity contribution in [3.63, 3.8) is 0 Å². The van der Waals surface area contributed by atoms with Crippen molar-refractivity contribution in [1.29, 1.82) is 5.26 Å². The van der Waals surface area contributed by atoms with Crippen molar-refractivity contribution in [3.8, 4) is 6.07 Å². The zero-order valence-corrected chi connectivity index (χ0v) is 12.1. The van der Waals surface area contributed by atoms with Crippen LogP contribution >= 0.6 is 0 Å². The van der Waals surface area contributed by atoms with E-state index >= 15 is 0 Å². The molecule has 0 saturated heterocycles. The van der Waals surface area contributed by atoms with Crippen molar-refractivity contribution in [3.05, 3.63) is 18.1 Å². The lowest BCUT2D eigenvalue weighted by Gasteiger charge is -2.58. The smallest absolute Gasteiger partial charge is 0.158 e. The van der Waals surface area contributed by atoms with Crippen molar-refractivity contribution in [2.75, 3.05) is 18.5 Å².